The van der Waals surface area contributed by atoms with E-state index in [2.05, 4.69) is 16.0 Å². The van der Waals surface area contributed by atoms with Crippen molar-refractivity contribution in [1.29, 1.82) is 5.41 Å². The molecule has 1 aliphatic heterocycles. The number of hydrogen-bond acceptors (Lipinski definition) is 8. The molecule has 0 radical (unpaired) electrons. The summed E-state index contributed by atoms with van der Waals surface area (Å²) in [5.41, 5.74) is 12.3. The Kier molecular flexibility index (Phi) is 8.55. The zero-order chi connectivity index (χ0) is 23.8. The largest absolute Gasteiger partial charge is 0.504 e. The second-order valence-electron chi connectivity index (χ2n) is 7.37. The molecule has 0 saturated carbocycles. The van der Waals surface area contributed by atoms with Crippen molar-refractivity contribution >= 4 is 23.6 Å². The van der Waals surface area contributed by atoms with Gasteiger partial charge >= 0.3 is 5.97 Å². The van der Waals surface area contributed by atoms with Gasteiger partial charge < -0.3 is 42.7 Å². The van der Waals surface area contributed by atoms with Gasteiger partial charge in [0.1, 0.15) is 5.84 Å². The van der Waals surface area contributed by atoms with E-state index in [-0.39, 0.29) is 37.2 Å². The fraction of sp³-hybridized carbons (Fsp3) is 0.400. The SMILES string of the molecule is N=C(N)C1NCC=C1CC(N)C(=O)NCCCC(=O)NC(C(=O)O)c1ccc(O)c(O)c1. The van der Waals surface area contributed by atoms with E-state index in [0.29, 0.717) is 6.54 Å². The van der Waals surface area contributed by atoms with Crippen molar-refractivity contribution in [3.63, 3.8) is 0 Å². The Morgan fingerprint density at radius 2 is 1.97 bits per heavy atom. The van der Waals surface area contributed by atoms with Gasteiger partial charge in [0.25, 0.3) is 0 Å². The first-order chi connectivity index (χ1) is 15.1. The molecule has 1 aromatic carbocycles. The Bertz CT molecular complexity index is 918. The summed E-state index contributed by atoms with van der Waals surface area (Å²) in [4.78, 5) is 35.8. The maximum absolute atomic E-state index is 12.2. The lowest BCUT2D eigenvalue weighted by atomic mass is 10.0. The van der Waals surface area contributed by atoms with Crippen molar-refractivity contribution in [2.45, 2.75) is 37.4 Å². The first-order valence-corrected chi connectivity index (χ1v) is 9.93. The number of carbonyl (C=O) groups excluding carboxylic acids is 2. The Morgan fingerprint density at radius 1 is 1.25 bits per heavy atom. The highest BCUT2D eigenvalue weighted by Gasteiger charge is 2.26. The number of nitrogens with one attached hydrogen (secondary N) is 4. The van der Waals surface area contributed by atoms with Crippen molar-refractivity contribution in [3.05, 3.63) is 35.4 Å². The third kappa shape index (κ3) is 6.68. The van der Waals surface area contributed by atoms with Gasteiger partial charge in [0.2, 0.25) is 11.8 Å². The zero-order valence-electron chi connectivity index (χ0n) is 17.3. The number of carboxylic acids is 1. The van der Waals surface area contributed by atoms with Crippen LogP contribution in [0, 0.1) is 5.41 Å². The summed E-state index contributed by atoms with van der Waals surface area (Å²) in [5, 5.41) is 43.7. The fourth-order valence-corrected chi connectivity index (χ4v) is 3.25. The minimum absolute atomic E-state index is 0.0467. The standard InChI is InChI=1S/C20H28N6O6/c21-12(8-11-5-7-24-16(11)18(22)23)19(30)25-6-1-2-15(29)26-17(20(31)32)10-3-4-13(27)14(28)9-10/h3-5,9,12,16-17,24,27-28H,1-2,6-8,21H2,(H3,22,23)(H,25,30)(H,26,29)(H,31,32). The van der Waals surface area contributed by atoms with Crippen LogP contribution in [0.2, 0.25) is 0 Å². The van der Waals surface area contributed by atoms with Crippen molar-refractivity contribution in [3.8, 4) is 11.5 Å². The van der Waals surface area contributed by atoms with Crippen molar-refractivity contribution < 1.29 is 29.7 Å². The van der Waals surface area contributed by atoms with Gasteiger partial charge in [-0.1, -0.05) is 12.1 Å². The summed E-state index contributed by atoms with van der Waals surface area (Å²) in [6.45, 7) is 0.704. The molecule has 1 heterocycles. The van der Waals surface area contributed by atoms with E-state index in [1.165, 1.54) is 6.07 Å². The van der Waals surface area contributed by atoms with Gasteiger partial charge in [-0.05, 0) is 36.1 Å². The molecule has 0 aliphatic carbocycles. The monoisotopic (exact) mass is 448 g/mol. The number of nitrogens with two attached hydrogens (primary N) is 2. The molecule has 2 amide bonds. The van der Waals surface area contributed by atoms with Crippen molar-refractivity contribution in [2.24, 2.45) is 11.5 Å². The molecule has 11 N–H and O–H groups in total. The van der Waals surface area contributed by atoms with E-state index in [0.717, 1.165) is 17.7 Å². The third-order valence-corrected chi connectivity index (χ3v) is 4.93. The van der Waals surface area contributed by atoms with E-state index < -0.39 is 47.4 Å². The topological polar surface area (TPSA) is 224 Å². The Labute approximate surface area is 184 Å². The summed E-state index contributed by atoms with van der Waals surface area (Å²) in [6, 6.07) is 0.802. The van der Waals surface area contributed by atoms with E-state index in [4.69, 9.17) is 16.9 Å². The zero-order valence-corrected chi connectivity index (χ0v) is 17.3. The lowest BCUT2D eigenvalue weighted by molar-refractivity contribution is -0.142. The highest BCUT2D eigenvalue weighted by atomic mass is 16.4. The minimum atomic E-state index is -1.40. The number of carboxylic acid groups (broad SMARTS) is 1. The van der Waals surface area contributed by atoms with Crippen LogP contribution in [0.25, 0.3) is 0 Å². The fourth-order valence-electron chi connectivity index (χ4n) is 3.25. The smallest absolute Gasteiger partial charge is 0.330 e. The molecule has 3 unspecified atom stereocenters. The lowest BCUT2D eigenvalue weighted by Gasteiger charge is -2.18. The maximum Gasteiger partial charge on any atom is 0.330 e. The molecule has 0 fully saturated rings. The molecule has 2 rings (SSSR count). The van der Waals surface area contributed by atoms with Crippen LogP contribution in [0.1, 0.15) is 30.9 Å². The number of amides is 2. The first-order valence-electron chi connectivity index (χ1n) is 9.93. The second kappa shape index (κ2) is 11.1. The molecular formula is C20H28N6O6. The van der Waals surface area contributed by atoms with Gasteiger partial charge in [-0.2, -0.15) is 0 Å². The Balaban J connectivity index is 1.77. The second-order valence-corrected chi connectivity index (χ2v) is 7.37. The summed E-state index contributed by atoms with van der Waals surface area (Å²) < 4.78 is 0. The predicted molar refractivity (Wildman–Crippen MR) is 115 cm³/mol. The molecule has 0 saturated heterocycles. The molecule has 1 aliphatic rings. The summed E-state index contributed by atoms with van der Waals surface area (Å²) in [6.07, 6.45) is 2.28. The first kappa shape index (κ1) is 24.6. The number of carbonyl (C=O) groups is 3. The average Bonchev–Trinajstić information content (AvgIpc) is 3.19. The number of benzene rings is 1. The van der Waals surface area contributed by atoms with Gasteiger partial charge in [-0.25, -0.2) is 4.79 Å². The Morgan fingerprint density at radius 3 is 2.59 bits per heavy atom. The molecule has 32 heavy (non-hydrogen) atoms. The minimum Gasteiger partial charge on any atom is -0.504 e. The summed E-state index contributed by atoms with van der Waals surface area (Å²) in [7, 11) is 0. The van der Waals surface area contributed by atoms with E-state index in [1.807, 2.05) is 6.08 Å². The van der Waals surface area contributed by atoms with Crippen LogP contribution < -0.4 is 27.4 Å². The third-order valence-electron chi connectivity index (χ3n) is 4.93. The molecule has 12 nitrogen and oxygen atoms in total. The molecule has 3 atom stereocenters. The van der Waals surface area contributed by atoms with Crippen LogP contribution >= 0.6 is 0 Å². The van der Waals surface area contributed by atoms with E-state index in [9.17, 15) is 29.7 Å². The molecule has 0 spiro atoms. The normalized spacial score (nSPS) is 17.2. The lowest BCUT2D eigenvalue weighted by Crippen LogP contribution is -2.44. The molecule has 1 aromatic rings. The highest BCUT2D eigenvalue weighted by Crippen LogP contribution is 2.28. The van der Waals surface area contributed by atoms with Gasteiger partial charge in [0.15, 0.2) is 17.5 Å². The van der Waals surface area contributed by atoms with Crippen LogP contribution in [0.5, 0.6) is 11.5 Å². The van der Waals surface area contributed by atoms with E-state index in [1.54, 1.807) is 0 Å². The quantitative estimate of drug-likeness (QED) is 0.0649. The average molecular weight is 448 g/mol. The number of rotatable bonds is 11. The van der Waals surface area contributed by atoms with Crippen LogP contribution in [0.3, 0.4) is 0 Å². The van der Waals surface area contributed by atoms with Crippen molar-refractivity contribution in [2.75, 3.05) is 13.1 Å². The van der Waals surface area contributed by atoms with Crippen LogP contribution in [-0.4, -0.2) is 64.1 Å². The molecule has 0 aromatic heterocycles. The van der Waals surface area contributed by atoms with Crippen LogP contribution in [0.15, 0.2) is 29.8 Å². The number of hydrogen-bond donors (Lipinski definition) is 9. The number of phenols is 2. The van der Waals surface area contributed by atoms with Crippen molar-refractivity contribution in [1.82, 2.24) is 16.0 Å². The summed E-state index contributed by atoms with van der Waals surface area (Å²) in [5.74, 6) is -3.26. The molecular weight excluding hydrogens is 420 g/mol. The predicted octanol–water partition coefficient (Wildman–Crippen LogP) is -1.21. The van der Waals surface area contributed by atoms with E-state index >= 15 is 0 Å². The highest BCUT2D eigenvalue weighted by molar-refractivity contribution is 5.88. The Hall–Kier alpha value is -3.64. The number of phenolic OH excluding ortho intramolecular Hbond substituents is 2. The molecule has 0 bridgehead atoms. The summed E-state index contributed by atoms with van der Waals surface area (Å²) >= 11 is 0. The number of amidine groups is 1. The van der Waals surface area contributed by atoms with Crippen LogP contribution in [-0.2, 0) is 14.4 Å². The van der Waals surface area contributed by atoms with Crippen LogP contribution in [0.4, 0.5) is 0 Å². The van der Waals surface area contributed by atoms with Gasteiger partial charge in [0.05, 0.1) is 12.1 Å². The maximum atomic E-state index is 12.2. The van der Waals surface area contributed by atoms with Gasteiger partial charge in [-0.3, -0.25) is 15.0 Å². The molecule has 12 heteroatoms. The van der Waals surface area contributed by atoms with Gasteiger partial charge in [0, 0.05) is 19.5 Å². The van der Waals surface area contributed by atoms with Gasteiger partial charge in [-0.15, -0.1) is 0 Å². The molecule has 174 valence electrons. The number of aliphatic carboxylic acids is 1. The number of aromatic hydroxyl groups is 2.